The van der Waals surface area contributed by atoms with Gasteiger partial charge in [-0.25, -0.2) is 4.98 Å². The first-order chi connectivity index (χ1) is 15.4. The molecule has 0 radical (unpaired) electrons. The molecule has 0 saturated carbocycles. The second kappa shape index (κ2) is 9.27. The summed E-state index contributed by atoms with van der Waals surface area (Å²) < 4.78 is 11.6. The van der Waals surface area contributed by atoms with Crippen LogP contribution >= 0.6 is 0 Å². The van der Waals surface area contributed by atoms with Gasteiger partial charge in [0.1, 0.15) is 11.3 Å². The van der Waals surface area contributed by atoms with Crippen LogP contribution in [0.4, 0.5) is 5.69 Å². The van der Waals surface area contributed by atoms with Gasteiger partial charge < -0.3 is 14.5 Å². The number of hydrogen-bond acceptors (Lipinski definition) is 4. The number of anilines is 1. The van der Waals surface area contributed by atoms with Crippen LogP contribution in [0.3, 0.4) is 0 Å². The van der Waals surface area contributed by atoms with Crippen LogP contribution < -0.4 is 10.1 Å². The Morgan fingerprint density at radius 2 is 1.84 bits per heavy atom. The Kier molecular flexibility index (Phi) is 6.26. The largest absolute Gasteiger partial charge is 0.483 e. The van der Waals surface area contributed by atoms with Crippen LogP contribution in [0, 0.1) is 13.8 Å². The number of aryl methyl sites for hydroxylation is 2. The summed E-state index contributed by atoms with van der Waals surface area (Å²) >= 11 is 0. The molecular formula is C27H28N2O3. The molecule has 0 bridgehead atoms. The van der Waals surface area contributed by atoms with Crippen LogP contribution in [-0.4, -0.2) is 17.5 Å². The van der Waals surface area contributed by atoms with Crippen molar-refractivity contribution in [3.63, 3.8) is 0 Å². The Morgan fingerprint density at radius 3 is 2.56 bits per heavy atom. The minimum Gasteiger partial charge on any atom is -0.483 e. The molecular weight excluding hydrogens is 400 g/mol. The van der Waals surface area contributed by atoms with Crippen LogP contribution in [0.2, 0.25) is 0 Å². The van der Waals surface area contributed by atoms with Gasteiger partial charge in [0, 0.05) is 11.3 Å². The maximum Gasteiger partial charge on any atom is 0.262 e. The van der Waals surface area contributed by atoms with E-state index < -0.39 is 0 Å². The summed E-state index contributed by atoms with van der Waals surface area (Å²) in [5.41, 5.74) is 6.62. The van der Waals surface area contributed by atoms with E-state index in [1.165, 1.54) is 5.56 Å². The van der Waals surface area contributed by atoms with Gasteiger partial charge in [0.15, 0.2) is 12.2 Å². The Morgan fingerprint density at radius 1 is 1.06 bits per heavy atom. The molecule has 1 aromatic heterocycles. The molecule has 0 saturated heterocycles. The fourth-order valence-corrected chi connectivity index (χ4v) is 3.61. The predicted octanol–water partition coefficient (Wildman–Crippen LogP) is 6.64. The highest BCUT2D eigenvalue weighted by molar-refractivity contribution is 5.92. The van der Waals surface area contributed by atoms with Crippen molar-refractivity contribution in [3.8, 4) is 17.2 Å². The second-order valence-corrected chi connectivity index (χ2v) is 8.24. The van der Waals surface area contributed by atoms with Gasteiger partial charge in [0.2, 0.25) is 5.89 Å². The molecule has 3 aromatic carbocycles. The van der Waals surface area contributed by atoms with Crippen molar-refractivity contribution < 1.29 is 13.9 Å². The van der Waals surface area contributed by atoms with E-state index in [-0.39, 0.29) is 12.5 Å². The number of carbonyl (C=O) groups excluding carboxylic acids is 1. The Labute approximate surface area is 188 Å². The maximum absolute atomic E-state index is 12.3. The molecule has 0 fully saturated rings. The molecule has 0 unspecified atom stereocenters. The van der Waals surface area contributed by atoms with Crippen molar-refractivity contribution in [1.29, 1.82) is 0 Å². The van der Waals surface area contributed by atoms with Crippen LogP contribution in [0.1, 0.15) is 42.9 Å². The summed E-state index contributed by atoms with van der Waals surface area (Å²) in [4.78, 5) is 16.9. The minimum absolute atomic E-state index is 0.0463. The van der Waals surface area contributed by atoms with Gasteiger partial charge in [-0.1, -0.05) is 37.6 Å². The number of hydrogen-bond donors (Lipinski definition) is 1. The summed E-state index contributed by atoms with van der Waals surface area (Å²) in [5, 5.41) is 2.86. The molecule has 0 aliphatic rings. The van der Waals surface area contributed by atoms with Gasteiger partial charge in [0.05, 0.1) is 0 Å². The van der Waals surface area contributed by atoms with Crippen LogP contribution in [0.25, 0.3) is 22.6 Å². The van der Waals surface area contributed by atoms with E-state index >= 15 is 0 Å². The van der Waals surface area contributed by atoms with E-state index in [1.807, 2.05) is 62.4 Å². The molecule has 5 heteroatoms. The third kappa shape index (κ3) is 4.83. The number of rotatable bonds is 7. The van der Waals surface area contributed by atoms with E-state index in [0.29, 0.717) is 23.2 Å². The molecule has 4 aromatic rings. The zero-order chi connectivity index (χ0) is 22.7. The topological polar surface area (TPSA) is 64.4 Å². The van der Waals surface area contributed by atoms with Crippen molar-refractivity contribution in [3.05, 3.63) is 77.4 Å². The number of nitrogens with zero attached hydrogens (tertiary/aromatic N) is 1. The third-order valence-corrected chi connectivity index (χ3v) is 5.70. The summed E-state index contributed by atoms with van der Waals surface area (Å²) in [5.74, 6) is 1.56. The van der Waals surface area contributed by atoms with Crippen molar-refractivity contribution >= 4 is 22.7 Å². The normalized spacial score (nSPS) is 12.0. The Balaban J connectivity index is 1.41. The predicted molar refractivity (Wildman–Crippen MR) is 128 cm³/mol. The molecule has 0 spiro atoms. The fourth-order valence-electron chi connectivity index (χ4n) is 3.61. The zero-order valence-electron chi connectivity index (χ0n) is 18.9. The molecule has 164 valence electrons. The number of benzene rings is 3. The van der Waals surface area contributed by atoms with Gasteiger partial charge in [0.25, 0.3) is 5.91 Å². The van der Waals surface area contributed by atoms with E-state index in [2.05, 4.69) is 36.3 Å². The van der Waals surface area contributed by atoms with Gasteiger partial charge in [-0.05, 0) is 79.8 Å². The molecule has 0 aliphatic carbocycles. The SMILES string of the molecule is CC[C@H](C)c1ccc2oc(-c3ccc(NC(=O)COc4ccc(C)cc4C)cc3)nc2c1. The van der Waals surface area contributed by atoms with Crippen molar-refractivity contribution in [2.24, 2.45) is 0 Å². The van der Waals surface area contributed by atoms with Gasteiger partial charge in [-0.2, -0.15) is 0 Å². The highest BCUT2D eigenvalue weighted by atomic mass is 16.5. The molecule has 1 N–H and O–H groups in total. The highest BCUT2D eigenvalue weighted by Crippen LogP contribution is 2.28. The van der Waals surface area contributed by atoms with Gasteiger partial charge in [-0.3, -0.25) is 4.79 Å². The lowest BCUT2D eigenvalue weighted by Gasteiger charge is -2.10. The van der Waals surface area contributed by atoms with Crippen LogP contribution in [-0.2, 0) is 4.79 Å². The molecule has 1 atom stereocenters. The lowest BCUT2D eigenvalue weighted by Crippen LogP contribution is -2.20. The number of fused-ring (bicyclic) bond motifs is 1. The summed E-state index contributed by atoms with van der Waals surface area (Å²) in [6.45, 7) is 8.34. The standard InChI is InChI=1S/C27H28N2O3/c1-5-18(3)21-9-13-25-23(15-21)29-27(32-25)20-7-10-22(11-8-20)28-26(30)16-31-24-12-6-17(2)14-19(24)4/h6-15,18H,5,16H2,1-4H3,(H,28,30)/t18-/m0/s1. The monoisotopic (exact) mass is 428 g/mol. The van der Waals surface area contributed by atoms with Crippen LogP contribution in [0.5, 0.6) is 5.75 Å². The first kappa shape index (κ1) is 21.6. The molecule has 1 amide bonds. The number of nitrogens with one attached hydrogen (secondary N) is 1. The Hall–Kier alpha value is -3.60. The van der Waals surface area contributed by atoms with E-state index in [1.54, 1.807) is 0 Å². The summed E-state index contributed by atoms with van der Waals surface area (Å²) in [7, 11) is 0. The number of aromatic nitrogens is 1. The molecule has 5 nitrogen and oxygen atoms in total. The number of ether oxygens (including phenoxy) is 1. The molecule has 32 heavy (non-hydrogen) atoms. The average molecular weight is 429 g/mol. The average Bonchev–Trinajstić information content (AvgIpc) is 3.22. The third-order valence-electron chi connectivity index (χ3n) is 5.70. The van der Waals surface area contributed by atoms with Gasteiger partial charge in [-0.15, -0.1) is 0 Å². The van der Waals surface area contributed by atoms with Crippen molar-refractivity contribution in [2.45, 2.75) is 40.0 Å². The van der Waals surface area contributed by atoms with E-state index in [9.17, 15) is 4.79 Å². The second-order valence-electron chi connectivity index (χ2n) is 8.24. The lowest BCUT2D eigenvalue weighted by atomic mass is 9.98. The minimum atomic E-state index is -0.211. The van der Waals surface area contributed by atoms with Gasteiger partial charge >= 0.3 is 0 Å². The van der Waals surface area contributed by atoms with Crippen molar-refractivity contribution in [2.75, 3.05) is 11.9 Å². The van der Waals surface area contributed by atoms with E-state index in [4.69, 9.17) is 9.15 Å². The molecule has 4 rings (SSSR count). The first-order valence-electron chi connectivity index (χ1n) is 10.9. The van der Waals surface area contributed by atoms with Crippen molar-refractivity contribution in [1.82, 2.24) is 4.98 Å². The maximum atomic E-state index is 12.3. The summed E-state index contributed by atoms with van der Waals surface area (Å²) in [6, 6.07) is 19.5. The fraction of sp³-hybridized carbons (Fsp3) is 0.259. The smallest absolute Gasteiger partial charge is 0.262 e. The van der Waals surface area contributed by atoms with E-state index in [0.717, 1.165) is 34.2 Å². The number of carbonyl (C=O) groups is 1. The Bertz CT molecular complexity index is 1240. The van der Waals surface area contributed by atoms with Crippen LogP contribution in [0.15, 0.2) is 65.1 Å². The number of amides is 1. The lowest BCUT2D eigenvalue weighted by molar-refractivity contribution is -0.118. The zero-order valence-corrected chi connectivity index (χ0v) is 18.9. The molecule has 0 aliphatic heterocycles. The summed E-state index contributed by atoms with van der Waals surface area (Å²) in [6.07, 6.45) is 1.08. The number of oxazole rings is 1. The first-order valence-corrected chi connectivity index (χ1v) is 10.9. The highest BCUT2D eigenvalue weighted by Gasteiger charge is 2.12. The molecule has 1 heterocycles. The quantitative estimate of drug-likeness (QED) is 0.358.